The van der Waals surface area contributed by atoms with Crippen LogP contribution in [0, 0.1) is 0 Å². The molecule has 196 valence electrons. The van der Waals surface area contributed by atoms with Crippen molar-refractivity contribution in [3.05, 3.63) is 83.6 Å². The maximum Gasteiger partial charge on any atom is 0.128 e. The fourth-order valence-corrected chi connectivity index (χ4v) is 5.47. The Morgan fingerprint density at radius 2 is 1.76 bits per heavy atom. The Kier molecular flexibility index (Phi) is 7.15. The molecule has 0 radical (unpaired) electrons. The number of hydrogen-bond acceptors (Lipinski definition) is 6. The molecular formula is C31H41N5O. The molecule has 2 unspecified atom stereocenters. The molecule has 2 N–H and O–H groups in total. The van der Waals surface area contributed by atoms with Crippen molar-refractivity contribution in [2.45, 2.75) is 64.4 Å². The smallest absolute Gasteiger partial charge is 0.128 e. The van der Waals surface area contributed by atoms with Crippen molar-refractivity contribution in [1.82, 2.24) is 15.1 Å². The highest BCUT2D eigenvalue weighted by Gasteiger charge is 2.31. The summed E-state index contributed by atoms with van der Waals surface area (Å²) in [6.45, 7) is 13.7. The Morgan fingerprint density at radius 1 is 1.03 bits per heavy atom. The predicted octanol–water partition coefficient (Wildman–Crippen LogP) is 5.89. The van der Waals surface area contributed by atoms with Gasteiger partial charge in [0.15, 0.2) is 0 Å². The van der Waals surface area contributed by atoms with Gasteiger partial charge in [0.2, 0.25) is 0 Å². The van der Waals surface area contributed by atoms with Gasteiger partial charge in [-0.05, 0) is 60.9 Å². The molecule has 0 amide bonds. The van der Waals surface area contributed by atoms with E-state index in [9.17, 15) is 0 Å². The molecule has 6 heteroatoms. The fraction of sp³-hybridized carbons (Fsp3) is 0.452. The quantitative estimate of drug-likeness (QED) is 0.537. The lowest BCUT2D eigenvalue weighted by Gasteiger charge is -2.41. The van der Waals surface area contributed by atoms with Crippen molar-refractivity contribution < 1.29 is 4.74 Å². The third-order valence-corrected chi connectivity index (χ3v) is 7.45. The lowest BCUT2D eigenvalue weighted by Crippen LogP contribution is -2.50. The van der Waals surface area contributed by atoms with E-state index in [0.29, 0.717) is 0 Å². The average molecular weight is 500 g/mol. The zero-order valence-electron chi connectivity index (χ0n) is 23.0. The largest absolute Gasteiger partial charge is 0.381 e. The molecule has 1 saturated heterocycles. The van der Waals surface area contributed by atoms with Crippen molar-refractivity contribution in [2.75, 3.05) is 32.0 Å². The van der Waals surface area contributed by atoms with E-state index in [2.05, 4.69) is 117 Å². The molecule has 5 rings (SSSR count). The summed E-state index contributed by atoms with van der Waals surface area (Å²) in [7, 11) is 2.15. The van der Waals surface area contributed by atoms with Gasteiger partial charge >= 0.3 is 0 Å². The number of ether oxygens (including phenoxy) is 1. The predicted molar refractivity (Wildman–Crippen MR) is 153 cm³/mol. The summed E-state index contributed by atoms with van der Waals surface area (Å²) >= 11 is 0. The van der Waals surface area contributed by atoms with Crippen molar-refractivity contribution in [3.8, 4) is 0 Å². The molecule has 0 aliphatic carbocycles. The molecule has 0 saturated carbocycles. The molecule has 3 heterocycles. The minimum Gasteiger partial charge on any atom is -0.381 e. The van der Waals surface area contributed by atoms with E-state index in [1.807, 2.05) is 12.3 Å². The standard InChI is InChI=1S/C31H41N5O/c1-21-18-36(19-22(2)37-21)20-29-34-28-17-23(27-9-7-8-16-32-27)10-15-26(28)30(35(29)6)33-25-13-11-24(12-14-25)31(3,4)5/h7-17,21-22,27,30,32-33H,18-20H2,1-6H3/t21-,22+,27?,30?. The van der Waals surface area contributed by atoms with Crippen molar-refractivity contribution >= 4 is 17.2 Å². The van der Waals surface area contributed by atoms with Crippen LogP contribution < -0.4 is 10.6 Å². The normalized spacial score (nSPS) is 25.9. The van der Waals surface area contributed by atoms with Gasteiger partial charge in [-0.25, -0.2) is 4.99 Å². The SMILES string of the molecule is C[C@@H]1CN(CC2=Nc3cc(C4C=CC=CN4)ccc3C(Nc3ccc(C(C)(C)C)cc3)N2C)C[C@H](C)O1. The van der Waals surface area contributed by atoms with E-state index in [1.165, 1.54) is 16.7 Å². The van der Waals surface area contributed by atoms with E-state index < -0.39 is 0 Å². The molecule has 2 aromatic rings. The van der Waals surface area contributed by atoms with Gasteiger partial charge < -0.3 is 20.3 Å². The van der Waals surface area contributed by atoms with Crippen LogP contribution in [-0.2, 0) is 10.2 Å². The molecule has 4 atom stereocenters. The summed E-state index contributed by atoms with van der Waals surface area (Å²) < 4.78 is 5.98. The van der Waals surface area contributed by atoms with Gasteiger partial charge in [-0.1, -0.05) is 57.2 Å². The number of morpholine rings is 1. The summed E-state index contributed by atoms with van der Waals surface area (Å²) in [5.74, 6) is 1.07. The van der Waals surface area contributed by atoms with Gasteiger partial charge in [-0.2, -0.15) is 0 Å². The van der Waals surface area contributed by atoms with Crippen molar-refractivity contribution in [2.24, 2.45) is 4.99 Å². The number of fused-ring (bicyclic) bond motifs is 1. The lowest BCUT2D eigenvalue weighted by atomic mass is 9.87. The first-order chi connectivity index (χ1) is 17.7. The molecule has 0 bridgehead atoms. The van der Waals surface area contributed by atoms with E-state index in [0.717, 1.165) is 36.8 Å². The third kappa shape index (κ3) is 5.76. The van der Waals surface area contributed by atoms with Crippen LogP contribution in [0.5, 0.6) is 0 Å². The molecule has 2 aromatic carbocycles. The summed E-state index contributed by atoms with van der Waals surface area (Å²) in [4.78, 5) is 9.98. The number of allylic oxidation sites excluding steroid dienone is 2. The third-order valence-electron chi connectivity index (χ3n) is 7.45. The molecule has 0 aromatic heterocycles. The van der Waals surface area contributed by atoms with Gasteiger partial charge in [0.1, 0.15) is 12.0 Å². The highest BCUT2D eigenvalue weighted by molar-refractivity contribution is 5.89. The van der Waals surface area contributed by atoms with Crippen LogP contribution in [-0.4, -0.2) is 54.5 Å². The van der Waals surface area contributed by atoms with Crippen LogP contribution in [0.3, 0.4) is 0 Å². The van der Waals surface area contributed by atoms with E-state index in [1.54, 1.807) is 0 Å². The molecule has 1 fully saturated rings. The zero-order valence-corrected chi connectivity index (χ0v) is 23.0. The second-order valence-corrected chi connectivity index (χ2v) is 11.7. The maximum atomic E-state index is 5.98. The average Bonchev–Trinajstić information content (AvgIpc) is 2.86. The number of hydrogen-bond donors (Lipinski definition) is 2. The number of aliphatic imine (C=N–C) groups is 1. The number of amidine groups is 1. The Morgan fingerprint density at radius 3 is 2.41 bits per heavy atom. The number of dihydropyridines is 1. The van der Waals surface area contributed by atoms with Gasteiger partial charge in [0, 0.05) is 31.4 Å². The van der Waals surface area contributed by atoms with Crippen LogP contribution in [0.15, 0.2) is 71.9 Å². The van der Waals surface area contributed by atoms with Crippen LogP contribution in [0.25, 0.3) is 0 Å². The number of nitrogens with zero attached hydrogens (tertiary/aromatic N) is 3. The zero-order chi connectivity index (χ0) is 26.2. The highest BCUT2D eigenvalue weighted by atomic mass is 16.5. The second kappa shape index (κ2) is 10.3. The monoisotopic (exact) mass is 499 g/mol. The van der Waals surface area contributed by atoms with Crippen LogP contribution in [0.1, 0.15) is 63.5 Å². The number of nitrogens with one attached hydrogen (secondary N) is 2. The van der Waals surface area contributed by atoms with Crippen molar-refractivity contribution in [1.29, 1.82) is 0 Å². The molecule has 37 heavy (non-hydrogen) atoms. The van der Waals surface area contributed by atoms with Gasteiger partial charge in [0.25, 0.3) is 0 Å². The number of anilines is 1. The molecule has 0 spiro atoms. The van der Waals surface area contributed by atoms with E-state index in [4.69, 9.17) is 9.73 Å². The molecule has 3 aliphatic heterocycles. The van der Waals surface area contributed by atoms with Crippen molar-refractivity contribution in [3.63, 3.8) is 0 Å². The maximum absolute atomic E-state index is 5.98. The number of rotatable bonds is 5. The molecule has 3 aliphatic rings. The number of benzene rings is 2. The van der Waals surface area contributed by atoms with E-state index in [-0.39, 0.29) is 29.8 Å². The summed E-state index contributed by atoms with van der Waals surface area (Å²) in [5.41, 5.74) is 6.01. The van der Waals surface area contributed by atoms with Crippen LogP contribution >= 0.6 is 0 Å². The van der Waals surface area contributed by atoms with Gasteiger partial charge in [-0.15, -0.1) is 0 Å². The Labute approximate surface area is 222 Å². The highest BCUT2D eigenvalue weighted by Crippen LogP contribution is 2.37. The summed E-state index contributed by atoms with van der Waals surface area (Å²) in [6, 6.07) is 15.7. The first kappa shape index (κ1) is 25.6. The first-order valence-corrected chi connectivity index (χ1v) is 13.5. The van der Waals surface area contributed by atoms with E-state index >= 15 is 0 Å². The topological polar surface area (TPSA) is 52.1 Å². The molecule has 6 nitrogen and oxygen atoms in total. The van der Waals surface area contributed by atoms with Crippen LogP contribution in [0.2, 0.25) is 0 Å². The second-order valence-electron chi connectivity index (χ2n) is 11.7. The molecular weight excluding hydrogens is 458 g/mol. The Balaban J connectivity index is 1.46. The Hall–Kier alpha value is -3.09. The van der Waals surface area contributed by atoms with Crippen LogP contribution in [0.4, 0.5) is 11.4 Å². The minimum atomic E-state index is -0.0114. The number of likely N-dealkylation sites (N-methyl/N-ethyl adjacent to an activating group) is 1. The fourth-order valence-electron chi connectivity index (χ4n) is 5.47. The van der Waals surface area contributed by atoms with Gasteiger partial charge in [-0.3, -0.25) is 4.90 Å². The first-order valence-electron chi connectivity index (χ1n) is 13.5. The lowest BCUT2D eigenvalue weighted by molar-refractivity contribution is -0.0640. The summed E-state index contributed by atoms with van der Waals surface area (Å²) in [6.07, 6.45) is 8.74. The summed E-state index contributed by atoms with van der Waals surface area (Å²) in [5, 5.41) is 7.25. The minimum absolute atomic E-state index is 0.0114. The van der Waals surface area contributed by atoms with Gasteiger partial charge in [0.05, 0.1) is 30.5 Å². The Bertz CT molecular complexity index is 1180.